The molecule has 0 saturated carbocycles. The minimum atomic E-state index is -0.207. The van der Waals surface area contributed by atoms with Crippen LogP contribution in [0.15, 0.2) is 36.7 Å². The molecule has 0 amide bonds. The van der Waals surface area contributed by atoms with Crippen LogP contribution in [0.4, 0.5) is 5.69 Å². The molecule has 2 aromatic rings. The zero-order valence-corrected chi connectivity index (χ0v) is 12.6. The van der Waals surface area contributed by atoms with Gasteiger partial charge in [0.1, 0.15) is 5.82 Å². The van der Waals surface area contributed by atoms with Gasteiger partial charge in [0.25, 0.3) is 0 Å². The van der Waals surface area contributed by atoms with Crippen molar-refractivity contribution in [2.75, 3.05) is 33.1 Å². The number of nitrogens with two attached hydrogens (primary N) is 1. The Morgan fingerprint density at radius 2 is 1.80 bits per heavy atom. The molecule has 0 spiro atoms. The van der Waals surface area contributed by atoms with Crippen molar-refractivity contribution in [1.29, 1.82) is 0 Å². The smallest absolute Gasteiger partial charge is 0.131 e. The van der Waals surface area contributed by atoms with Gasteiger partial charge in [0.15, 0.2) is 0 Å². The maximum atomic E-state index is 6.35. The fourth-order valence-corrected chi connectivity index (χ4v) is 2.15. The van der Waals surface area contributed by atoms with E-state index >= 15 is 0 Å². The van der Waals surface area contributed by atoms with Gasteiger partial charge in [-0.25, -0.2) is 4.98 Å². The summed E-state index contributed by atoms with van der Waals surface area (Å²) in [5.41, 5.74) is 8.58. The van der Waals surface area contributed by atoms with E-state index in [0.717, 1.165) is 23.7 Å². The molecule has 5 nitrogen and oxygen atoms in total. The normalized spacial score (nSPS) is 12.7. The Morgan fingerprint density at radius 3 is 2.35 bits per heavy atom. The van der Waals surface area contributed by atoms with Crippen LogP contribution in [0, 0.1) is 0 Å². The first-order chi connectivity index (χ1) is 9.49. The zero-order chi connectivity index (χ0) is 14.7. The topological polar surface area (TPSA) is 50.3 Å². The van der Waals surface area contributed by atoms with Crippen molar-refractivity contribution in [2.45, 2.75) is 12.7 Å². The Hall–Kier alpha value is -1.85. The molecule has 0 saturated heterocycles. The SMILES string of the molecule is CN(C)Cn1ccnc1C(N)c1ccc(N(C)C)cc1. The molecule has 0 bridgehead atoms. The number of benzene rings is 1. The Bertz CT molecular complexity index is 542. The number of imidazole rings is 1. The molecule has 1 aromatic heterocycles. The minimum Gasteiger partial charge on any atom is -0.378 e. The van der Waals surface area contributed by atoms with E-state index in [1.165, 1.54) is 0 Å². The van der Waals surface area contributed by atoms with Crippen LogP contribution in [0.25, 0.3) is 0 Å². The Labute approximate surface area is 120 Å². The van der Waals surface area contributed by atoms with Crippen molar-refractivity contribution < 1.29 is 0 Å². The minimum absolute atomic E-state index is 0.207. The summed E-state index contributed by atoms with van der Waals surface area (Å²) in [7, 11) is 8.11. The second-order valence-electron chi connectivity index (χ2n) is 5.44. The van der Waals surface area contributed by atoms with E-state index in [-0.39, 0.29) is 6.04 Å². The lowest BCUT2D eigenvalue weighted by atomic mass is 10.1. The molecule has 0 aliphatic heterocycles. The van der Waals surface area contributed by atoms with Gasteiger partial charge < -0.3 is 15.2 Å². The molecular formula is C15H23N5. The average molecular weight is 273 g/mol. The summed E-state index contributed by atoms with van der Waals surface area (Å²) in [6.07, 6.45) is 3.76. The molecule has 1 unspecified atom stereocenters. The molecule has 1 aromatic carbocycles. The van der Waals surface area contributed by atoms with Gasteiger partial charge in [0.2, 0.25) is 0 Å². The first-order valence-electron chi connectivity index (χ1n) is 6.67. The van der Waals surface area contributed by atoms with Gasteiger partial charge in [-0.15, -0.1) is 0 Å². The van der Waals surface area contributed by atoms with Crippen molar-refractivity contribution >= 4 is 5.69 Å². The molecule has 1 atom stereocenters. The number of hydrogen-bond donors (Lipinski definition) is 1. The zero-order valence-electron chi connectivity index (χ0n) is 12.6. The first-order valence-corrected chi connectivity index (χ1v) is 6.67. The predicted molar refractivity (Wildman–Crippen MR) is 82.7 cm³/mol. The van der Waals surface area contributed by atoms with Gasteiger partial charge in [-0.1, -0.05) is 12.1 Å². The van der Waals surface area contributed by atoms with Crippen molar-refractivity contribution in [2.24, 2.45) is 5.73 Å². The molecule has 0 aliphatic carbocycles. The maximum Gasteiger partial charge on any atom is 0.131 e. The van der Waals surface area contributed by atoms with Crippen LogP contribution in [0.3, 0.4) is 0 Å². The molecule has 0 fully saturated rings. The highest BCUT2D eigenvalue weighted by atomic mass is 15.2. The Morgan fingerprint density at radius 1 is 1.15 bits per heavy atom. The summed E-state index contributed by atoms with van der Waals surface area (Å²) in [6.45, 7) is 0.777. The van der Waals surface area contributed by atoms with E-state index < -0.39 is 0 Å². The lowest BCUT2D eigenvalue weighted by Gasteiger charge is -2.18. The summed E-state index contributed by atoms with van der Waals surface area (Å²) >= 11 is 0. The number of nitrogens with zero attached hydrogens (tertiary/aromatic N) is 4. The average Bonchev–Trinajstić information content (AvgIpc) is 2.85. The highest BCUT2D eigenvalue weighted by molar-refractivity contribution is 5.47. The molecule has 5 heteroatoms. The van der Waals surface area contributed by atoms with Crippen LogP contribution >= 0.6 is 0 Å². The van der Waals surface area contributed by atoms with Crippen molar-refractivity contribution in [3.8, 4) is 0 Å². The standard InChI is InChI=1S/C15H23N5/c1-18(2)11-20-10-9-17-15(20)14(16)12-5-7-13(8-6-12)19(3)4/h5-10,14H,11,16H2,1-4H3. The Kier molecular flexibility index (Phi) is 4.42. The summed E-state index contributed by atoms with van der Waals surface area (Å²) in [5.74, 6) is 0.885. The van der Waals surface area contributed by atoms with E-state index in [1.54, 1.807) is 6.20 Å². The van der Waals surface area contributed by atoms with Gasteiger partial charge in [-0.05, 0) is 31.8 Å². The van der Waals surface area contributed by atoms with E-state index in [0.29, 0.717) is 0 Å². The lowest BCUT2D eigenvalue weighted by molar-refractivity contribution is 0.318. The van der Waals surface area contributed by atoms with E-state index in [2.05, 4.69) is 43.6 Å². The molecule has 108 valence electrons. The second-order valence-corrected chi connectivity index (χ2v) is 5.44. The van der Waals surface area contributed by atoms with Gasteiger partial charge >= 0.3 is 0 Å². The summed E-state index contributed by atoms with van der Waals surface area (Å²) < 4.78 is 2.07. The monoisotopic (exact) mass is 273 g/mol. The quantitative estimate of drug-likeness (QED) is 0.897. The molecule has 0 radical (unpaired) electrons. The van der Waals surface area contributed by atoms with Crippen LogP contribution in [-0.2, 0) is 6.67 Å². The van der Waals surface area contributed by atoms with Crippen molar-refractivity contribution in [1.82, 2.24) is 14.5 Å². The fourth-order valence-electron chi connectivity index (χ4n) is 2.15. The first kappa shape index (κ1) is 14.6. The van der Waals surface area contributed by atoms with Gasteiger partial charge in [-0.3, -0.25) is 4.90 Å². The molecule has 2 N–H and O–H groups in total. The van der Waals surface area contributed by atoms with Crippen molar-refractivity contribution in [3.63, 3.8) is 0 Å². The third-order valence-corrected chi connectivity index (χ3v) is 3.23. The molecule has 0 aliphatic rings. The van der Waals surface area contributed by atoms with E-state index in [4.69, 9.17) is 5.73 Å². The molecule has 20 heavy (non-hydrogen) atoms. The van der Waals surface area contributed by atoms with Gasteiger partial charge in [0.05, 0.1) is 12.7 Å². The van der Waals surface area contributed by atoms with E-state index in [9.17, 15) is 0 Å². The fraction of sp³-hybridized carbons (Fsp3) is 0.400. The van der Waals surface area contributed by atoms with Crippen molar-refractivity contribution in [3.05, 3.63) is 48.0 Å². The molecular weight excluding hydrogens is 250 g/mol. The van der Waals surface area contributed by atoms with Crippen LogP contribution in [0.1, 0.15) is 17.4 Å². The largest absolute Gasteiger partial charge is 0.378 e. The summed E-state index contributed by atoms with van der Waals surface area (Å²) in [5, 5.41) is 0. The number of rotatable bonds is 5. The number of anilines is 1. The van der Waals surface area contributed by atoms with Gasteiger partial charge in [0, 0.05) is 32.2 Å². The van der Waals surface area contributed by atoms with Crippen LogP contribution < -0.4 is 10.6 Å². The molecule has 1 heterocycles. The van der Waals surface area contributed by atoms with Crippen LogP contribution in [-0.4, -0.2) is 42.6 Å². The molecule has 2 rings (SSSR count). The number of aromatic nitrogens is 2. The summed E-state index contributed by atoms with van der Waals surface area (Å²) in [6, 6.07) is 8.08. The third kappa shape index (κ3) is 3.18. The Balaban J connectivity index is 2.22. The van der Waals surface area contributed by atoms with Gasteiger partial charge in [-0.2, -0.15) is 0 Å². The van der Waals surface area contributed by atoms with Crippen LogP contribution in [0.2, 0.25) is 0 Å². The highest BCUT2D eigenvalue weighted by Crippen LogP contribution is 2.21. The second kappa shape index (κ2) is 6.07. The lowest BCUT2D eigenvalue weighted by Crippen LogP contribution is -2.23. The number of hydrogen-bond acceptors (Lipinski definition) is 4. The maximum absolute atomic E-state index is 6.35. The van der Waals surface area contributed by atoms with Crippen LogP contribution in [0.5, 0.6) is 0 Å². The van der Waals surface area contributed by atoms with E-state index in [1.807, 2.05) is 34.4 Å². The highest BCUT2D eigenvalue weighted by Gasteiger charge is 2.15. The predicted octanol–water partition coefficient (Wildman–Crippen LogP) is 1.52. The summed E-state index contributed by atoms with van der Waals surface area (Å²) in [4.78, 5) is 8.57. The third-order valence-electron chi connectivity index (χ3n) is 3.23.